The van der Waals surface area contributed by atoms with Gasteiger partial charge < -0.3 is 5.32 Å². The molecule has 0 unspecified atom stereocenters. The molecular weight excluding hydrogens is 236 g/mol. The molecule has 0 aliphatic carbocycles. The van der Waals surface area contributed by atoms with Crippen molar-refractivity contribution in [3.05, 3.63) is 65.2 Å². The van der Waals surface area contributed by atoms with Crippen LogP contribution in [0.4, 0.5) is 5.69 Å². The van der Waals surface area contributed by atoms with Crippen LogP contribution >= 0.6 is 0 Å². The molecule has 2 aromatic carbocycles. The smallest absolute Gasteiger partial charge is 0.255 e. The Morgan fingerprint density at radius 2 is 1.95 bits per heavy atom. The predicted molar refractivity (Wildman–Crippen MR) is 74.9 cm³/mol. The second-order valence-corrected chi connectivity index (χ2v) is 4.36. The highest BCUT2D eigenvalue weighted by Gasteiger charge is 2.05. The Kier molecular flexibility index (Phi) is 3.94. The van der Waals surface area contributed by atoms with E-state index in [9.17, 15) is 4.79 Å². The number of carbonyl (C=O) groups excluding carboxylic acids is 1. The molecule has 0 bridgehead atoms. The summed E-state index contributed by atoms with van der Waals surface area (Å²) >= 11 is 0. The standard InChI is InChI=1S/C16H14N2O/c1-12-3-2-4-15(11-12)18-16(19)14-7-5-13(6-8-14)9-10-17/h2-8,11H,9H2,1H3,(H,18,19). The number of nitriles is 1. The molecule has 0 aliphatic rings. The number of anilines is 1. The fourth-order valence-corrected chi connectivity index (χ4v) is 1.79. The monoisotopic (exact) mass is 250 g/mol. The van der Waals surface area contributed by atoms with E-state index in [1.54, 1.807) is 24.3 Å². The van der Waals surface area contributed by atoms with Gasteiger partial charge in [-0.2, -0.15) is 5.26 Å². The summed E-state index contributed by atoms with van der Waals surface area (Å²) < 4.78 is 0. The van der Waals surface area contributed by atoms with E-state index in [1.165, 1.54) is 0 Å². The lowest BCUT2D eigenvalue weighted by Crippen LogP contribution is -2.11. The van der Waals surface area contributed by atoms with Gasteiger partial charge >= 0.3 is 0 Å². The van der Waals surface area contributed by atoms with Gasteiger partial charge in [0.25, 0.3) is 5.91 Å². The molecule has 3 heteroatoms. The fourth-order valence-electron chi connectivity index (χ4n) is 1.79. The number of amides is 1. The number of benzene rings is 2. The summed E-state index contributed by atoms with van der Waals surface area (Å²) in [6.45, 7) is 1.98. The van der Waals surface area contributed by atoms with Crippen molar-refractivity contribution in [1.82, 2.24) is 0 Å². The molecule has 0 saturated heterocycles. The van der Waals surface area contributed by atoms with Crippen LogP contribution in [0.25, 0.3) is 0 Å². The fraction of sp³-hybridized carbons (Fsp3) is 0.125. The number of hydrogen-bond donors (Lipinski definition) is 1. The summed E-state index contributed by atoms with van der Waals surface area (Å²) in [5.41, 5.74) is 3.38. The predicted octanol–water partition coefficient (Wildman–Crippen LogP) is 3.31. The van der Waals surface area contributed by atoms with Crippen LogP contribution in [0.2, 0.25) is 0 Å². The number of rotatable bonds is 3. The Morgan fingerprint density at radius 1 is 1.21 bits per heavy atom. The van der Waals surface area contributed by atoms with Gasteiger partial charge in [0, 0.05) is 11.3 Å². The number of nitrogens with zero attached hydrogens (tertiary/aromatic N) is 1. The van der Waals surface area contributed by atoms with Gasteiger partial charge in [0.05, 0.1) is 12.5 Å². The van der Waals surface area contributed by atoms with Crippen molar-refractivity contribution in [3.63, 3.8) is 0 Å². The van der Waals surface area contributed by atoms with Crippen LogP contribution in [0.5, 0.6) is 0 Å². The molecule has 2 rings (SSSR count). The largest absolute Gasteiger partial charge is 0.322 e. The van der Waals surface area contributed by atoms with Gasteiger partial charge in [-0.25, -0.2) is 0 Å². The zero-order valence-corrected chi connectivity index (χ0v) is 10.7. The van der Waals surface area contributed by atoms with Crippen LogP contribution in [0.15, 0.2) is 48.5 Å². The lowest BCUT2D eigenvalue weighted by molar-refractivity contribution is 0.102. The molecule has 0 fully saturated rings. The first-order valence-electron chi connectivity index (χ1n) is 6.03. The summed E-state index contributed by atoms with van der Waals surface area (Å²) in [4.78, 5) is 12.0. The van der Waals surface area contributed by atoms with E-state index in [0.717, 1.165) is 16.8 Å². The van der Waals surface area contributed by atoms with Gasteiger partial charge in [-0.05, 0) is 42.3 Å². The van der Waals surface area contributed by atoms with Crippen molar-refractivity contribution in [2.24, 2.45) is 0 Å². The van der Waals surface area contributed by atoms with Crippen molar-refractivity contribution in [3.8, 4) is 6.07 Å². The van der Waals surface area contributed by atoms with E-state index in [1.807, 2.05) is 31.2 Å². The average molecular weight is 250 g/mol. The second-order valence-electron chi connectivity index (χ2n) is 4.36. The van der Waals surface area contributed by atoms with Gasteiger partial charge in [-0.3, -0.25) is 4.79 Å². The molecule has 0 saturated carbocycles. The van der Waals surface area contributed by atoms with E-state index < -0.39 is 0 Å². The third-order valence-corrected chi connectivity index (χ3v) is 2.78. The molecule has 2 aromatic rings. The maximum absolute atomic E-state index is 12.0. The van der Waals surface area contributed by atoms with Crippen molar-refractivity contribution in [2.75, 3.05) is 5.32 Å². The number of nitrogens with one attached hydrogen (secondary N) is 1. The topological polar surface area (TPSA) is 52.9 Å². The van der Waals surface area contributed by atoms with Crippen molar-refractivity contribution in [2.45, 2.75) is 13.3 Å². The van der Waals surface area contributed by atoms with Crippen molar-refractivity contribution in [1.29, 1.82) is 5.26 Å². The molecule has 0 spiro atoms. The first-order valence-corrected chi connectivity index (χ1v) is 6.03. The van der Waals surface area contributed by atoms with Gasteiger partial charge in [0.15, 0.2) is 0 Å². The molecule has 0 radical (unpaired) electrons. The van der Waals surface area contributed by atoms with E-state index in [2.05, 4.69) is 11.4 Å². The van der Waals surface area contributed by atoms with Gasteiger partial charge in [0.2, 0.25) is 0 Å². The third-order valence-electron chi connectivity index (χ3n) is 2.78. The minimum Gasteiger partial charge on any atom is -0.322 e. The zero-order valence-electron chi connectivity index (χ0n) is 10.7. The number of carbonyl (C=O) groups is 1. The van der Waals surface area contributed by atoms with Crippen LogP contribution in [-0.2, 0) is 6.42 Å². The SMILES string of the molecule is Cc1cccc(NC(=O)c2ccc(CC#N)cc2)c1. The quantitative estimate of drug-likeness (QED) is 0.908. The molecule has 94 valence electrons. The molecule has 0 atom stereocenters. The Balaban J connectivity index is 2.10. The molecule has 1 N–H and O–H groups in total. The van der Waals surface area contributed by atoms with Crippen LogP contribution in [-0.4, -0.2) is 5.91 Å². The van der Waals surface area contributed by atoms with E-state index in [0.29, 0.717) is 12.0 Å². The highest BCUT2D eigenvalue weighted by atomic mass is 16.1. The molecular formula is C16H14N2O. The summed E-state index contributed by atoms with van der Waals surface area (Å²) in [5, 5.41) is 11.4. The minimum absolute atomic E-state index is 0.144. The van der Waals surface area contributed by atoms with E-state index in [4.69, 9.17) is 5.26 Å². The highest BCUT2D eigenvalue weighted by Crippen LogP contribution is 2.12. The summed E-state index contributed by atoms with van der Waals surface area (Å²) in [5.74, 6) is -0.144. The van der Waals surface area contributed by atoms with Crippen LogP contribution in [0, 0.1) is 18.3 Å². The lowest BCUT2D eigenvalue weighted by atomic mass is 10.1. The Hall–Kier alpha value is -2.60. The van der Waals surface area contributed by atoms with E-state index in [-0.39, 0.29) is 5.91 Å². The van der Waals surface area contributed by atoms with Gasteiger partial charge in [-0.1, -0.05) is 24.3 Å². The second kappa shape index (κ2) is 5.83. The Morgan fingerprint density at radius 3 is 2.58 bits per heavy atom. The summed E-state index contributed by atoms with van der Waals surface area (Å²) in [6, 6.07) is 16.8. The molecule has 0 aliphatic heterocycles. The Bertz CT molecular complexity index is 624. The maximum atomic E-state index is 12.0. The Labute approximate surface area is 112 Å². The van der Waals surface area contributed by atoms with Crippen molar-refractivity contribution >= 4 is 11.6 Å². The van der Waals surface area contributed by atoms with E-state index >= 15 is 0 Å². The van der Waals surface area contributed by atoms with Crippen LogP contribution < -0.4 is 5.32 Å². The lowest BCUT2D eigenvalue weighted by Gasteiger charge is -2.06. The molecule has 1 amide bonds. The maximum Gasteiger partial charge on any atom is 0.255 e. The highest BCUT2D eigenvalue weighted by molar-refractivity contribution is 6.04. The summed E-state index contributed by atoms with van der Waals surface area (Å²) in [7, 11) is 0. The zero-order chi connectivity index (χ0) is 13.7. The first-order chi connectivity index (χ1) is 9.19. The summed E-state index contributed by atoms with van der Waals surface area (Å²) in [6.07, 6.45) is 0.361. The van der Waals surface area contributed by atoms with Crippen LogP contribution in [0.1, 0.15) is 21.5 Å². The molecule has 0 aromatic heterocycles. The van der Waals surface area contributed by atoms with Crippen LogP contribution in [0.3, 0.4) is 0 Å². The molecule has 0 heterocycles. The number of aryl methyl sites for hydroxylation is 1. The van der Waals surface area contributed by atoms with Crippen molar-refractivity contribution < 1.29 is 4.79 Å². The normalized spacial score (nSPS) is 9.68. The molecule has 3 nitrogen and oxygen atoms in total. The average Bonchev–Trinajstić information content (AvgIpc) is 2.40. The minimum atomic E-state index is -0.144. The number of hydrogen-bond acceptors (Lipinski definition) is 2. The van der Waals surface area contributed by atoms with Gasteiger partial charge in [0.1, 0.15) is 0 Å². The molecule has 19 heavy (non-hydrogen) atoms. The van der Waals surface area contributed by atoms with Gasteiger partial charge in [-0.15, -0.1) is 0 Å². The third kappa shape index (κ3) is 3.43. The first kappa shape index (κ1) is 12.8.